The van der Waals surface area contributed by atoms with Gasteiger partial charge in [0.2, 0.25) is 5.91 Å². The summed E-state index contributed by atoms with van der Waals surface area (Å²) in [7, 11) is 0. The summed E-state index contributed by atoms with van der Waals surface area (Å²) >= 11 is 6.49. The first-order chi connectivity index (χ1) is 16.1. The van der Waals surface area contributed by atoms with Crippen LogP contribution in [0.3, 0.4) is 0 Å². The first-order valence-corrected chi connectivity index (χ1v) is 12.8. The number of aromatic nitrogens is 1. The fourth-order valence-corrected chi connectivity index (χ4v) is 5.63. The molecule has 0 bridgehead atoms. The molecular formula is C28H34ClN3O. The molecule has 0 spiro atoms. The zero-order chi connectivity index (χ0) is 22.8. The Bertz CT molecular complexity index is 1110. The van der Waals surface area contributed by atoms with Crippen LogP contribution in [-0.2, 0) is 17.9 Å². The molecule has 5 heteroatoms. The maximum atomic E-state index is 13.0. The van der Waals surface area contributed by atoms with Crippen LogP contribution in [-0.4, -0.2) is 46.5 Å². The van der Waals surface area contributed by atoms with E-state index in [0.717, 1.165) is 81.5 Å². The molecule has 3 aromatic rings. The standard InChI is InChI=1S/C28H34ClN3O/c1-21-10-16-31(17-11-21)28(33)22-12-14-30(15-13-22)20-25-18-23-6-3-5-9-27(23)32(25)19-24-7-2-4-8-26(24)29/h2-9,18,21-22H,10-17,19-20H2,1H3. The molecule has 0 N–H and O–H groups in total. The number of amides is 1. The molecule has 1 aromatic heterocycles. The van der Waals surface area contributed by atoms with Gasteiger partial charge in [0.25, 0.3) is 0 Å². The average molecular weight is 464 g/mol. The van der Waals surface area contributed by atoms with Gasteiger partial charge in [-0.2, -0.15) is 0 Å². The number of piperidine rings is 2. The molecule has 2 saturated heterocycles. The van der Waals surface area contributed by atoms with Crippen LogP contribution in [0.5, 0.6) is 0 Å². The lowest BCUT2D eigenvalue weighted by Gasteiger charge is -2.36. The van der Waals surface area contributed by atoms with Gasteiger partial charge in [0.15, 0.2) is 0 Å². The number of benzene rings is 2. The quantitative estimate of drug-likeness (QED) is 0.477. The topological polar surface area (TPSA) is 28.5 Å². The van der Waals surface area contributed by atoms with Crippen molar-refractivity contribution >= 4 is 28.4 Å². The smallest absolute Gasteiger partial charge is 0.225 e. The Kier molecular flexibility index (Phi) is 6.75. The summed E-state index contributed by atoms with van der Waals surface area (Å²) in [6.07, 6.45) is 4.24. The number of rotatable bonds is 5. The van der Waals surface area contributed by atoms with E-state index < -0.39 is 0 Å². The van der Waals surface area contributed by atoms with Crippen LogP contribution in [0.25, 0.3) is 10.9 Å². The summed E-state index contributed by atoms with van der Waals surface area (Å²) < 4.78 is 2.41. The third-order valence-electron chi connectivity index (χ3n) is 7.60. The third-order valence-corrected chi connectivity index (χ3v) is 7.97. The zero-order valence-electron chi connectivity index (χ0n) is 19.5. The number of carbonyl (C=O) groups excluding carboxylic acids is 1. The van der Waals surface area contributed by atoms with Gasteiger partial charge in [-0.3, -0.25) is 9.69 Å². The van der Waals surface area contributed by atoms with Gasteiger partial charge in [-0.05, 0) is 73.8 Å². The van der Waals surface area contributed by atoms with Gasteiger partial charge in [0.1, 0.15) is 0 Å². The number of para-hydroxylation sites is 1. The summed E-state index contributed by atoms with van der Waals surface area (Å²) in [5.41, 5.74) is 3.70. The number of carbonyl (C=O) groups is 1. The van der Waals surface area contributed by atoms with Gasteiger partial charge in [0.05, 0.1) is 0 Å². The second kappa shape index (κ2) is 9.90. The lowest BCUT2D eigenvalue weighted by Crippen LogP contribution is -2.45. The van der Waals surface area contributed by atoms with Crippen molar-refractivity contribution < 1.29 is 4.79 Å². The Morgan fingerprint density at radius 1 is 0.909 bits per heavy atom. The fraction of sp³-hybridized carbons (Fsp3) is 0.464. The van der Waals surface area contributed by atoms with Gasteiger partial charge in [-0.15, -0.1) is 0 Å². The molecule has 2 aromatic carbocycles. The van der Waals surface area contributed by atoms with Crippen LogP contribution < -0.4 is 0 Å². The molecule has 2 fully saturated rings. The minimum Gasteiger partial charge on any atom is -0.342 e. The largest absolute Gasteiger partial charge is 0.342 e. The second-order valence-electron chi connectivity index (χ2n) is 9.93. The number of halogens is 1. The zero-order valence-corrected chi connectivity index (χ0v) is 20.3. The van der Waals surface area contributed by atoms with Crippen molar-refractivity contribution in [3.05, 3.63) is 70.9 Å². The summed E-state index contributed by atoms with van der Waals surface area (Å²) in [4.78, 5) is 17.7. The lowest BCUT2D eigenvalue weighted by molar-refractivity contribution is -0.138. The van der Waals surface area contributed by atoms with Crippen molar-refractivity contribution in [3.8, 4) is 0 Å². The summed E-state index contributed by atoms with van der Waals surface area (Å²) in [5.74, 6) is 1.35. The molecule has 4 nitrogen and oxygen atoms in total. The monoisotopic (exact) mass is 463 g/mol. The minimum absolute atomic E-state index is 0.198. The van der Waals surface area contributed by atoms with E-state index in [4.69, 9.17) is 11.6 Å². The highest BCUT2D eigenvalue weighted by atomic mass is 35.5. The molecule has 174 valence electrons. The van der Waals surface area contributed by atoms with Crippen LogP contribution in [0.4, 0.5) is 0 Å². The van der Waals surface area contributed by atoms with Crippen molar-refractivity contribution in [1.82, 2.24) is 14.4 Å². The van der Waals surface area contributed by atoms with Crippen LogP contribution in [0, 0.1) is 11.8 Å². The SMILES string of the molecule is CC1CCN(C(=O)C2CCN(Cc3cc4ccccc4n3Cc3ccccc3Cl)CC2)CC1. The number of hydrogen-bond donors (Lipinski definition) is 0. The molecule has 0 atom stereocenters. The minimum atomic E-state index is 0.198. The number of hydrogen-bond acceptors (Lipinski definition) is 2. The van der Waals surface area contributed by atoms with Gasteiger partial charge in [0, 0.05) is 48.3 Å². The highest BCUT2D eigenvalue weighted by Gasteiger charge is 2.30. The summed E-state index contributed by atoms with van der Waals surface area (Å²) in [6.45, 7) is 7.82. The molecule has 0 saturated carbocycles. The van der Waals surface area contributed by atoms with E-state index in [1.807, 2.05) is 12.1 Å². The molecule has 1 amide bonds. The first-order valence-electron chi connectivity index (χ1n) is 12.4. The Morgan fingerprint density at radius 3 is 2.36 bits per heavy atom. The van der Waals surface area contributed by atoms with Gasteiger partial charge in [-0.1, -0.05) is 54.9 Å². The van der Waals surface area contributed by atoms with E-state index in [0.29, 0.717) is 5.91 Å². The van der Waals surface area contributed by atoms with Gasteiger partial charge in [-0.25, -0.2) is 0 Å². The van der Waals surface area contributed by atoms with Crippen LogP contribution in [0.2, 0.25) is 5.02 Å². The molecule has 5 rings (SSSR count). The van der Waals surface area contributed by atoms with E-state index in [1.54, 1.807) is 0 Å². The van der Waals surface area contributed by atoms with E-state index in [-0.39, 0.29) is 5.92 Å². The molecule has 2 aliphatic rings. The van der Waals surface area contributed by atoms with E-state index in [1.165, 1.54) is 16.6 Å². The van der Waals surface area contributed by atoms with Crippen molar-refractivity contribution in [2.75, 3.05) is 26.2 Å². The third kappa shape index (κ3) is 4.97. The average Bonchev–Trinajstić information content (AvgIpc) is 3.18. The Balaban J connectivity index is 1.27. The van der Waals surface area contributed by atoms with Crippen molar-refractivity contribution in [1.29, 1.82) is 0 Å². The number of likely N-dealkylation sites (tertiary alicyclic amines) is 2. The number of nitrogens with zero attached hydrogens (tertiary/aromatic N) is 3. The second-order valence-corrected chi connectivity index (χ2v) is 10.3. The predicted octanol–water partition coefficient (Wildman–Crippen LogP) is 5.81. The first kappa shape index (κ1) is 22.5. The van der Waals surface area contributed by atoms with Gasteiger partial charge < -0.3 is 9.47 Å². The summed E-state index contributed by atoms with van der Waals surface area (Å²) in [6, 6.07) is 19.0. The van der Waals surface area contributed by atoms with Gasteiger partial charge >= 0.3 is 0 Å². The van der Waals surface area contributed by atoms with Crippen molar-refractivity contribution in [2.24, 2.45) is 11.8 Å². The fourth-order valence-electron chi connectivity index (χ4n) is 5.44. The Hall–Kier alpha value is -2.30. The normalized spacial score (nSPS) is 18.8. The Morgan fingerprint density at radius 2 is 1.61 bits per heavy atom. The molecule has 0 aliphatic carbocycles. The highest BCUT2D eigenvalue weighted by Crippen LogP contribution is 2.28. The molecule has 33 heavy (non-hydrogen) atoms. The molecule has 0 unspecified atom stereocenters. The van der Waals surface area contributed by atoms with E-state index in [9.17, 15) is 4.79 Å². The summed E-state index contributed by atoms with van der Waals surface area (Å²) in [5, 5.41) is 2.08. The molecule has 0 radical (unpaired) electrons. The highest BCUT2D eigenvalue weighted by molar-refractivity contribution is 6.31. The Labute approximate surface area is 202 Å². The molecule has 2 aliphatic heterocycles. The van der Waals surface area contributed by atoms with Crippen LogP contribution in [0.15, 0.2) is 54.6 Å². The van der Waals surface area contributed by atoms with Crippen molar-refractivity contribution in [2.45, 2.75) is 45.7 Å². The molecular weight excluding hydrogens is 430 g/mol. The van der Waals surface area contributed by atoms with Crippen LogP contribution in [0.1, 0.15) is 43.9 Å². The molecule has 3 heterocycles. The van der Waals surface area contributed by atoms with Crippen molar-refractivity contribution in [3.63, 3.8) is 0 Å². The number of fused-ring (bicyclic) bond motifs is 1. The van der Waals surface area contributed by atoms with Crippen LogP contribution >= 0.6 is 11.6 Å². The maximum absolute atomic E-state index is 13.0. The van der Waals surface area contributed by atoms with E-state index >= 15 is 0 Å². The lowest BCUT2D eigenvalue weighted by atomic mass is 9.92. The van der Waals surface area contributed by atoms with E-state index in [2.05, 4.69) is 63.8 Å². The predicted molar refractivity (Wildman–Crippen MR) is 135 cm³/mol. The maximum Gasteiger partial charge on any atom is 0.225 e.